The molecule has 0 radical (unpaired) electrons. The van der Waals surface area contributed by atoms with Gasteiger partial charge < -0.3 is 8.85 Å². The largest absolute Gasteiger partial charge is 0.517 e. The predicted octanol–water partition coefficient (Wildman–Crippen LogP) is 5.33. The minimum absolute atomic E-state index is 0.531. The lowest BCUT2D eigenvalue weighted by molar-refractivity contribution is 0.214. The highest BCUT2D eigenvalue weighted by Crippen LogP contribution is 2.33. The molecule has 1 atom stereocenters. The number of allylic oxidation sites excluding steroid dienone is 1. The minimum Gasteiger partial charge on any atom is -0.517 e. The molecule has 3 rings (SSSR count). The number of hydrogen-bond donors (Lipinski definition) is 0. The summed E-state index contributed by atoms with van der Waals surface area (Å²) in [6.07, 6.45) is 2.63. The quantitative estimate of drug-likeness (QED) is 0.351. The average Bonchev–Trinajstić information content (AvgIpc) is 2.60. The minimum atomic E-state index is -2.60. The van der Waals surface area contributed by atoms with Gasteiger partial charge in [-0.3, -0.25) is 0 Å². The van der Waals surface area contributed by atoms with Gasteiger partial charge in [0.1, 0.15) is 5.75 Å². The molecule has 0 saturated heterocycles. The van der Waals surface area contributed by atoms with Crippen LogP contribution in [0.15, 0.2) is 61.2 Å². The fourth-order valence-corrected chi connectivity index (χ4v) is 7.16. The van der Waals surface area contributed by atoms with Gasteiger partial charge in [-0.25, -0.2) is 0 Å². The zero-order chi connectivity index (χ0) is 17.9. The smallest absolute Gasteiger partial charge is 0.437 e. The Morgan fingerprint density at radius 1 is 1.12 bits per heavy atom. The SMILES string of the molecule is C=CC[Si]1(c2ccccc2)OCc2cc(CC[Si](Cl)(Cl)Cl)ccc2O1. The van der Waals surface area contributed by atoms with Crippen LogP contribution in [0, 0.1) is 0 Å². The van der Waals surface area contributed by atoms with Crippen molar-refractivity contribution in [1.29, 1.82) is 0 Å². The van der Waals surface area contributed by atoms with Crippen LogP contribution in [0.4, 0.5) is 0 Å². The van der Waals surface area contributed by atoms with E-state index in [2.05, 4.69) is 24.8 Å². The van der Waals surface area contributed by atoms with Crippen molar-refractivity contribution in [2.45, 2.75) is 25.1 Å². The van der Waals surface area contributed by atoms with Crippen LogP contribution in [-0.4, -0.2) is 14.6 Å². The summed E-state index contributed by atoms with van der Waals surface area (Å²) in [5, 5.41) is 1.12. The van der Waals surface area contributed by atoms with Crippen molar-refractivity contribution in [3.8, 4) is 5.75 Å². The first-order valence-electron chi connectivity index (χ1n) is 8.10. The van der Waals surface area contributed by atoms with Gasteiger partial charge in [-0.1, -0.05) is 42.5 Å². The molecular weight excluding hydrogens is 411 g/mol. The molecule has 0 N–H and O–H groups in total. The number of rotatable bonds is 6. The summed E-state index contributed by atoms with van der Waals surface area (Å²) in [6, 6.07) is 15.0. The van der Waals surface area contributed by atoms with Gasteiger partial charge in [0.15, 0.2) is 0 Å². The lowest BCUT2D eigenvalue weighted by Gasteiger charge is -2.35. The van der Waals surface area contributed by atoms with Crippen molar-refractivity contribution < 1.29 is 8.85 Å². The van der Waals surface area contributed by atoms with Crippen LogP contribution >= 0.6 is 33.2 Å². The molecule has 0 spiro atoms. The Morgan fingerprint density at radius 2 is 1.88 bits per heavy atom. The van der Waals surface area contributed by atoms with Gasteiger partial charge in [0, 0.05) is 16.8 Å². The van der Waals surface area contributed by atoms with E-state index in [9.17, 15) is 0 Å². The van der Waals surface area contributed by atoms with Crippen molar-refractivity contribution in [2.75, 3.05) is 0 Å². The second-order valence-corrected chi connectivity index (χ2v) is 18.3. The zero-order valence-electron chi connectivity index (χ0n) is 13.7. The second kappa shape index (κ2) is 7.86. The summed E-state index contributed by atoms with van der Waals surface area (Å²) >= 11 is 17.9. The Hall–Kier alpha value is -0.756. The van der Waals surface area contributed by atoms with Crippen molar-refractivity contribution in [3.63, 3.8) is 0 Å². The molecule has 0 amide bonds. The summed E-state index contributed by atoms with van der Waals surface area (Å²) in [5.74, 6) is 0.887. The number of fused-ring (bicyclic) bond motifs is 1. The van der Waals surface area contributed by atoms with Crippen molar-refractivity contribution in [2.24, 2.45) is 0 Å². The van der Waals surface area contributed by atoms with Gasteiger partial charge in [0.25, 0.3) is 0 Å². The molecule has 7 heteroatoms. The first-order valence-corrected chi connectivity index (χ1v) is 15.4. The average molecular weight is 430 g/mol. The normalized spacial score (nSPS) is 19.8. The van der Waals surface area contributed by atoms with Gasteiger partial charge in [0.05, 0.1) is 6.61 Å². The second-order valence-electron chi connectivity index (χ2n) is 6.06. The number of hydrogen-bond acceptors (Lipinski definition) is 2. The Morgan fingerprint density at radius 3 is 2.56 bits per heavy atom. The lowest BCUT2D eigenvalue weighted by Crippen LogP contribution is -2.57. The first-order chi connectivity index (χ1) is 11.9. The molecule has 2 aromatic carbocycles. The van der Waals surface area contributed by atoms with Gasteiger partial charge in [-0.05, 0) is 30.2 Å². The van der Waals surface area contributed by atoms with E-state index in [1.165, 1.54) is 0 Å². The molecule has 1 heterocycles. The Labute approximate surface area is 164 Å². The molecule has 0 aliphatic carbocycles. The summed E-state index contributed by atoms with van der Waals surface area (Å²) in [4.78, 5) is 0. The standard InChI is InChI=1S/C18H19Cl3O2Si2/c1-2-11-24(17-6-4-3-5-7-17)22-14-16-13-15(8-9-18(16)23-24)10-12-25(19,20)21/h2-9,13H,1,10-12,14H2. The molecule has 0 aromatic heterocycles. The van der Waals surface area contributed by atoms with E-state index in [1.807, 2.05) is 36.4 Å². The van der Waals surface area contributed by atoms with E-state index < -0.39 is 14.6 Å². The predicted molar refractivity (Wildman–Crippen MR) is 111 cm³/mol. The van der Waals surface area contributed by atoms with E-state index in [0.717, 1.165) is 28.5 Å². The number of benzene rings is 2. The lowest BCUT2D eigenvalue weighted by atomic mass is 10.1. The van der Waals surface area contributed by atoms with Crippen molar-refractivity contribution >= 4 is 53.0 Å². The Balaban J connectivity index is 1.84. The maximum absolute atomic E-state index is 6.42. The molecule has 132 valence electrons. The molecule has 1 aliphatic rings. The number of halogens is 3. The van der Waals surface area contributed by atoms with E-state index in [0.29, 0.717) is 18.7 Å². The van der Waals surface area contributed by atoms with Crippen molar-refractivity contribution in [3.05, 3.63) is 72.3 Å². The topological polar surface area (TPSA) is 18.5 Å². The molecule has 0 saturated carbocycles. The zero-order valence-corrected chi connectivity index (χ0v) is 17.9. The van der Waals surface area contributed by atoms with Gasteiger partial charge >= 0.3 is 14.6 Å². The van der Waals surface area contributed by atoms with E-state index in [1.54, 1.807) is 0 Å². The first kappa shape index (κ1) is 19.0. The highest BCUT2D eigenvalue weighted by Gasteiger charge is 2.44. The summed E-state index contributed by atoms with van der Waals surface area (Å²) < 4.78 is 12.7. The molecule has 2 aromatic rings. The summed E-state index contributed by atoms with van der Waals surface area (Å²) in [5.41, 5.74) is 2.19. The molecular formula is C18H19Cl3O2Si2. The maximum atomic E-state index is 6.42. The molecule has 25 heavy (non-hydrogen) atoms. The highest BCUT2D eigenvalue weighted by atomic mass is 35.8. The Kier molecular flexibility index (Phi) is 5.98. The van der Waals surface area contributed by atoms with Crippen molar-refractivity contribution in [1.82, 2.24) is 0 Å². The van der Waals surface area contributed by atoms with Gasteiger partial charge in [0.2, 0.25) is 0 Å². The third-order valence-corrected chi connectivity index (χ3v) is 9.90. The molecule has 1 aliphatic heterocycles. The van der Waals surface area contributed by atoms with E-state index in [-0.39, 0.29) is 0 Å². The summed E-state index contributed by atoms with van der Waals surface area (Å²) in [6.45, 7) is 4.41. The van der Waals surface area contributed by atoms with Crippen LogP contribution < -0.4 is 9.61 Å². The summed E-state index contributed by atoms with van der Waals surface area (Å²) in [7, 11) is -2.55. The van der Waals surface area contributed by atoms with E-state index >= 15 is 0 Å². The fourth-order valence-electron chi connectivity index (χ4n) is 2.93. The van der Waals surface area contributed by atoms with Gasteiger partial charge in [-0.2, -0.15) is 0 Å². The third kappa shape index (κ3) is 4.70. The van der Waals surface area contributed by atoms with E-state index in [4.69, 9.17) is 42.1 Å². The molecule has 0 fully saturated rings. The van der Waals surface area contributed by atoms with Gasteiger partial charge in [-0.15, -0.1) is 39.8 Å². The third-order valence-electron chi connectivity index (χ3n) is 4.18. The number of aryl methyl sites for hydroxylation is 1. The van der Waals surface area contributed by atoms with Crippen LogP contribution in [-0.2, 0) is 17.5 Å². The van der Waals surface area contributed by atoms with Crippen LogP contribution in [0.25, 0.3) is 0 Å². The molecule has 2 nitrogen and oxygen atoms in total. The molecule has 1 unspecified atom stereocenters. The molecule has 0 bridgehead atoms. The fraction of sp³-hybridized carbons (Fsp3) is 0.222. The Bertz CT molecular complexity index is 750. The van der Waals surface area contributed by atoms with Crippen LogP contribution in [0.2, 0.25) is 12.1 Å². The highest BCUT2D eigenvalue weighted by molar-refractivity contribution is 7.64. The van der Waals surface area contributed by atoms with Crippen LogP contribution in [0.1, 0.15) is 11.1 Å². The maximum Gasteiger partial charge on any atom is 0.437 e. The van der Waals surface area contributed by atoms with Crippen LogP contribution in [0.5, 0.6) is 5.75 Å². The van der Waals surface area contributed by atoms with Crippen LogP contribution in [0.3, 0.4) is 0 Å². The monoisotopic (exact) mass is 428 g/mol.